The summed E-state index contributed by atoms with van der Waals surface area (Å²) in [5, 5.41) is 23.0. The van der Waals surface area contributed by atoms with Crippen molar-refractivity contribution in [3.8, 4) is 5.75 Å². The van der Waals surface area contributed by atoms with Gasteiger partial charge < -0.3 is 35.8 Å². The second-order valence-electron chi connectivity index (χ2n) is 9.55. The Hall–Kier alpha value is -2.57. The van der Waals surface area contributed by atoms with Crippen molar-refractivity contribution < 1.29 is 37.7 Å². The Morgan fingerprint density at radius 2 is 1.74 bits per heavy atom. The second kappa shape index (κ2) is 10.2. The first kappa shape index (κ1) is 25.5. The van der Waals surface area contributed by atoms with Crippen molar-refractivity contribution in [2.45, 2.75) is 31.4 Å². The van der Waals surface area contributed by atoms with E-state index in [0.717, 1.165) is 0 Å². The Labute approximate surface area is 201 Å². The molecule has 194 valence electrons. The number of anilines is 1. The Morgan fingerprint density at radius 3 is 2.34 bits per heavy atom. The van der Waals surface area contributed by atoms with Crippen molar-refractivity contribution in [2.75, 3.05) is 44.2 Å². The van der Waals surface area contributed by atoms with Crippen molar-refractivity contribution in [1.82, 2.24) is 10.2 Å². The summed E-state index contributed by atoms with van der Waals surface area (Å²) in [6.45, 7) is 2.67. The van der Waals surface area contributed by atoms with E-state index in [1.165, 1.54) is 17.0 Å². The van der Waals surface area contributed by atoms with Crippen molar-refractivity contribution in [1.29, 1.82) is 0 Å². The maximum Gasteiger partial charge on any atom is 0.573 e. The molecule has 4 rings (SSSR count). The molecular formula is C23H31F3N4O5. The van der Waals surface area contributed by atoms with Gasteiger partial charge in [0, 0.05) is 32.7 Å². The number of nitrogens with two attached hydrogens (primary N) is 1. The first-order valence-electron chi connectivity index (χ1n) is 11.8. The number of alkyl halides is 3. The van der Waals surface area contributed by atoms with Crippen LogP contribution in [0.5, 0.6) is 5.75 Å². The summed E-state index contributed by atoms with van der Waals surface area (Å²) in [5.41, 5.74) is 6.01. The first-order valence-corrected chi connectivity index (χ1v) is 11.8. The average molecular weight is 501 g/mol. The Bertz CT molecular complexity index is 913. The molecule has 0 radical (unpaired) electrons. The number of piperidine rings is 2. The number of fused-ring (bicyclic) bond motifs is 1. The Balaban J connectivity index is 1.21. The molecule has 2 amide bonds. The minimum absolute atomic E-state index is 0.0323. The minimum Gasteiger partial charge on any atom is -0.404 e. The highest BCUT2D eigenvalue weighted by molar-refractivity contribution is 5.90. The van der Waals surface area contributed by atoms with E-state index in [0.29, 0.717) is 69.0 Å². The molecule has 12 heteroatoms. The number of aliphatic hydroxyl groups excluding tert-OH is 2. The number of hydrogen-bond acceptors (Lipinski definition) is 7. The summed E-state index contributed by atoms with van der Waals surface area (Å²) >= 11 is 0. The lowest BCUT2D eigenvalue weighted by Gasteiger charge is -2.34. The van der Waals surface area contributed by atoms with E-state index in [-0.39, 0.29) is 18.2 Å². The standard InChI is InChI=1S/C23H31F3N4O5/c24-23(25,26)35-18-4-2-1-3-17(18)29-7-5-13(6-8-29)10-28-21(33)19(31)20(32)22(34)30-11-15-14(9-27)16(15)12-30/h1-4,13-16,19-20,31-32H,5-12,27H2,(H,28,33)/t14?,15-,16?,19?,20?/m0/s1. The molecule has 3 fully saturated rings. The summed E-state index contributed by atoms with van der Waals surface area (Å²) in [6.07, 6.45) is -7.31. The molecule has 4 unspecified atom stereocenters. The van der Waals surface area contributed by atoms with Gasteiger partial charge in [0.1, 0.15) is 0 Å². The van der Waals surface area contributed by atoms with Crippen LogP contribution in [0.3, 0.4) is 0 Å². The van der Waals surface area contributed by atoms with Crippen molar-refractivity contribution in [2.24, 2.45) is 29.4 Å². The normalized spacial score (nSPS) is 26.2. The highest BCUT2D eigenvalue weighted by Crippen LogP contribution is 2.51. The molecule has 35 heavy (non-hydrogen) atoms. The van der Waals surface area contributed by atoms with Crippen LogP contribution in [0.25, 0.3) is 0 Å². The zero-order valence-corrected chi connectivity index (χ0v) is 19.2. The molecule has 0 bridgehead atoms. The van der Waals surface area contributed by atoms with Crippen LogP contribution in [0.2, 0.25) is 0 Å². The number of rotatable bonds is 8. The van der Waals surface area contributed by atoms with Gasteiger partial charge in [0.25, 0.3) is 11.8 Å². The zero-order valence-electron chi connectivity index (χ0n) is 19.2. The molecule has 0 aromatic heterocycles. The van der Waals surface area contributed by atoms with Crippen molar-refractivity contribution in [3.63, 3.8) is 0 Å². The number of benzene rings is 1. The van der Waals surface area contributed by atoms with Crippen LogP contribution in [0, 0.1) is 23.7 Å². The van der Waals surface area contributed by atoms with E-state index < -0.39 is 30.4 Å². The van der Waals surface area contributed by atoms with Crippen LogP contribution in [-0.4, -0.2) is 84.8 Å². The zero-order chi connectivity index (χ0) is 25.3. The quantitative estimate of drug-likeness (QED) is 0.404. The van der Waals surface area contributed by atoms with Gasteiger partial charge in [0.15, 0.2) is 18.0 Å². The lowest BCUT2D eigenvalue weighted by molar-refractivity contribution is -0.274. The van der Waals surface area contributed by atoms with Crippen LogP contribution < -0.4 is 20.7 Å². The minimum atomic E-state index is -4.78. The molecule has 2 aliphatic heterocycles. The van der Waals surface area contributed by atoms with Crippen LogP contribution in [0.1, 0.15) is 12.8 Å². The van der Waals surface area contributed by atoms with Crippen LogP contribution in [0.4, 0.5) is 18.9 Å². The Kier molecular flexibility index (Phi) is 7.43. The number of halogens is 3. The van der Waals surface area contributed by atoms with Gasteiger partial charge in [0.2, 0.25) is 0 Å². The SMILES string of the molecule is NCC1C2CN(C(=O)C(O)C(O)C(=O)NCC3CCN(c4ccccc4OC(F)(F)F)CC3)C[C@@H]12. The molecular weight excluding hydrogens is 469 g/mol. The number of nitrogens with zero attached hydrogens (tertiary/aromatic N) is 2. The molecule has 5 atom stereocenters. The van der Waals surface area contributed by atoms with Crippen LogP contribution in [0.15, 0.2) is 24.3 Å². The number of aliphatic hydroxyl groups is 2. The fraction of sp³-hybridized carbons (Fsp3) is 0.652. The van der Waals surface area contributed by atoms with Crippen LogP contribution >= 0.6 is 0 Å². The third-order valence-electron chi connectivity index (χ3n) is 7.39. The number of carbonyl (C=O) groups is 2. The molecule has 2 saturated heterocycles. The molecule has 2 heterocycles. The van der Waals surface area contributed by atoms with Gasteiger partial charge >= 0.3 is 6.36 Å². The van der Waals surface area contributed by atoms with Gasteiger partial charge in [0.05, 0.1) is 5.69 Å². The monoisotopic (exact) mass is 500 g/mol. The highest BCUT2D eigenvalue weighted by atomic mass is 19.4. The lowest BCUT2D eigenvalue weighted by atomic mass is 9.96. The van der Waals surface area contributed by atoms with E-state index in [1.807, 2.05) is 0 Å². The predicted octanol–water partition coefficient (Wildman–Crippen LogP) is 0.303. The third-order valence-corrected chi connectivity index (χ3v) is 7.39. The van der Waals surface area contributed by atoms with Gasteiger partial charge in [-0.25, -0.2) is 0 Å². The highest BCUT2D eigenvalue weighted by Gasteiger charge is 2.56. The number of likely N-dealkylation sites (tertiary alicyclic amines) is 1. The molecule has 1 saturated carbocycles. The van der Waals surface area contributed by atoms with E-state index >= 15 is 0 Å². The number of nitrogens with one attached hydrogen (secondary N) is 1. The van der Waals surface area contributed by atoms with Crippen molar-refractivity contribution >= 4 is 17.5 Å². The van der Waals surface area contributed by atoms with Crippen molar-refractivity contribution in [3.05, 3.63) is 24.3 Å². The average Bonchev–Trinajstić information content (AvgIpc) is 3.31. The third kappa shape index (κ3) is 5.81. The lowest BCUT2D eigenvalue weighted by Crippen LogP contribution is -2.51. The maximum absolute atomic E-state index is 12.7. The Morgan fingerprint density at radius 1 is 1.11 bits per heavy atom. The molecule has 1 aromatic carbocycles. The molecule has 5 N–H and O–H groups in total. The summed E-state index contributed by atoms with van der Waals surface area (Å²) in [5.74, 6) is -0.654. The smallest absolute Gasteiger partial charge is 0.404 e. The summed E-state index contributed by atoms with van der Waals surface area (Å²) in [4.78, 5) is 28.1. The van der Waals surface area contributed by atoms with E-state index in [2.05, 4.69) is 10.1 Å². The summed E-state index contributed by atoms with van der Waals surface area (Å²) < 4.78 is 42.2. The van der Waals surface area contributed by atoms with E-state index in [9.17, 15) is 33.0 Å². The number of para-hydroxylation sites is 2. The van der Waals surface area contributed by atoms with Gasteiger partial charge in [-0.3, -0.25) is 9.59 Å². The van der Waals surface area contributed by atoms with E-state index in [4.69, 9.17) is 5.73 Å². The first-order chi connectivity index (χ1) is 16.6. The largest absolute Gasteiger partial charge is 0.573 e. The fourth-order valence-corrected chi connectivity index (χ4v) is 5.30. The van der Waals surface area contributed by atoms with Crippen LogP contribution in [-0.2, 0) is 9.59 Å². The summed E-state index contributed by atoms with van der Waals surface area (Å²) in [7, 11) is 0. The van der Waals surface area contributed by atoms with Gasteiger partial charge in [-0.05, 0) is 55.2 Å². The molecule has 3 aliphatic rings. The number of carbonyl (C=O) groups excluding carboxylic acids is 2. The topological polar surface area (TPSA) is 128 Å². The number of amides is 2. The van der Waals surface area contributed by atoms with Gasteiger partial charge in [-0.2, -0.15) is 0 Å². The second-order valence-corrected chi connectivity index (χ2v) is 9.55. The molecule has 9 nitrogen and oxygen atoms in total. The fourth-order valence-electron chi connectivity index (χ4n) is 5.30. The number of hydrogen-bond donors (Lipinski definition) is 4. The molecule has 1 aliphatic carbocycles. The van der Waals surface area contributed by atoms with E-state index in [1.54, 1.807) is 17.0 Å². The number of ether oxygens (including phenoxy) is 1. The molecule has 1 aromatic rings. The molecule has 0 spiro atoms. The van der Waals surface area contributed by atoms with Gasteiger partial charge in [-0.1, -0.05) is 12.1 Å². The maximum atomic E-state index is 12.7. The van der Waals surface area contributed by atoms with Gasteiger partial charge in [-0.15, -0.1) is 13.2 Å². The predicted molar refractivity (Wildman–Crippen MR) is 119 cm³/mol. The summed E-state index contributed by atoms with van der Waals surface area (Å²) in [6, 6.07) is 5.95.